The normalized spacial score (nSPS) is 12.2. The monoisotopic (exact) mass is 437 g/mol. The van der Waals surface area contributed by atoms with Gasteiger partial charge in [-0.15, -0.1) is 0 Å². The number of amides is 1. The van der Waals surface area contributed by atoms with Crippen molar-refractivity contribution in [3.8, 4) is 5.69 Å². The van der Waals surface area contributed by atoms with Crippen LogP contribution in [-0.2, 0) is 4.79 Å². The summed E-state index contributed by atoms with van der Waals surface area (Å²) in [5, 5.41) is 8.35. The van der Waals surface area contributed by atoms with E-state index in [2.05, 4.69) is 16.5 Å². The number of nitrogens with one attached hydrogen (secondary N) is 1. The predicted molar refractivity (Wildman–Crippen MR) is 122 cm³/mol. The fourth-order valence-electron chi connectivity index (χ4n) is 3.43. The van der Waals surface area contributed by atoms with Crippen LogP contribution in [0.25, 0.3) is 16.0 Å². The molecule has 0 aliphatic carbocycles. The molecule has 2 aromatic heterocycles. The number of carbonyl (C=O) groups excluding carboxylic acids is 1. The average molecular weight is 438 g/mol. The second kappa shape index (κ2) is 8.47. The molecule has 4 rings (SSSR count). The van der Waals surface area contributed by atoms with Crippen molar-refractivity contribution in [3.63, 3.8) is 0 Å². The predicted octanol–water partition coefficient (Wildman–Crippen LogP) is 4.55. The van der Waals surface area contributed by atoms with Crippen molar-refractivity contribution in [1.82, 2.24) is 20.1 Å². The maximum absolute atomic E-state index is 13.1. The molecular formula is C23H24FN5OS. The molecule has 160 valence electrons. The van der Waals surface area contributed by atoms with Gasteiger partial charge in [-0.2, -0.15) is 10.1 Å². The minimum atomic E-state index is -0.294. The average Bonchev–Trinajstić information content (AvgIpc) is 3.29. The highest BCUT2D eigenvalue weighted by Crippen LogP contribution is 2.32. The van der Waals surface area contributed by atoms with Crippen LogP contribution in [0.15, 0.2) is 48.5 Å². The number of fused-ring (bicyclic) bond motifs is 1. The molecule has 0 aliphatic rings. The van der Waals surface area contributed by atoms with Gasteiger partial charge in [-0.3, -0.25) is 4.79 Å². The number of benzene rings is 2. The fraction of sp³-hybridized carbons (Fsp3) is 0.261. The van der Waals surface area contributed by atoms with Crippen LogP contribution in [0, 0.1) is 19.7 Å². The van der Waals surface area contributed by atoms with Gasteiger partial charge >= 0.3 is 0 Å². The lowest BCUT2D eigenvalue weighted by Crippen LogP contribution is -2.36. The Morgan fingerprint density at radius 2 is 1.97 bits per heavy atom. The Balaban J connectivity index is 1.50. The molecule has 0 radical (unpaired) electrons. The largest absolute Gasteiger partial charge is 0.348 e. The van der Waals surface area contributed by atoms with E-state index in [0.717, 1.165) is 38.0 Å². The molecule has 0 bridgehead atoms. The first kappa shape index (κ1) is 21.0. The van der Waals surface area contributed by atoms with Gasteiger partial charge in [-0.1, -0.05) is 35.6 Å². The zero-order valence-corrected chi connectivity index (χ0v) is 18.7. The van der Waals surface area contributed by atoms with Gasteiger partial charge in [-0.25, -0.2) is 9.07 Å². The number of rotatable bonds is 6. The number of hydrogen-bond acceptors (Lipinski definition) is 5. The molecule has 0 aliphatic heterocycles. The molecule has 2 aromatic carbocycles. The SMILES string of the molecule is Cc1cccc(-n2nc(C)c3sc(N(C)CC(=O)NC(C)c4ccc(F)cc4)nc32)c1. The summed E-state index contributed by atoms with van der Waals surface area (Å²) >= 11 is 1.52. The molecule has 1 unspecified atom stereocenters. The number of aryl methyl sites for hydroxylation is 2. The van der Waals surface area contributed by atoms with Crippen molar-refractivity contribution >= 4 is 32.7 Å². The van der Waals surface area contributed by atoms with Crippen molar-refractivity contribution in [2.75, 3.05) is 18.5 Å². The Hall–Kier alpha value is -3.26. The van der Waals surface area contributed by atoms with Crippen LogP contribution in [-0.4, -0.2) is 34.3 Å². The minimum absolute atomic E-state index is 0.129. The molecule has 0 saturated heterocycles. The number of halogens is 1. The van der Waals surface area contributed by atoms with Crippen molar-refractivity contribution in [1.29, 1.82) is 0 Å². The molecule has 1 amide bonds. The molecule has 0 saturated carbocycles. The van der Waals surface area contributed by atoms with Gasteiger partial charge in [0.15, 0.2) is 10.8 Å². The fourth-order valence-corrected chi connectivity index (χ4v) is 4.38. The van der Waals surface area contributed by atoms with Crippen LogP contribution in [0.2, 0.25) is 0 Å². The van der Waals surface area contributed by atoms with E-state index in [1.807, 2.05) is 55.6 Å². The second-order valence-corrected chi connectivity index (χ2v) is 8.66. The molecule has 31 heavy (non-hydrogen) atoms. The summed E-state index contributed by atoms with van der Waals surface area (Å²) in [7, 11) is 1.85. The van der Waals surface area contributed by atoms with Gasteiger partial charge in [0.2, 0.25) is 5.91 Å². The number of carbonyl (C=O) groups is 1. The number of likely N-dealkylation sites (N-methyl/N-ethyl adjacent to an activating group) is 1. The van der Waals surface area contributed by atoms with Crippen LogP contribution in [0.5, 0.6) is 0 Å². The summed E-state index contributed by atoms with van der Waals surface area (Å²) in [6, 6.07) is 14.0. The molecular weight excluding hydrogens is 413 g/mol. The van der Waals surface area contributed by atoms with E-state index in [9.17, 15) is 9.18 Å². The van der Waals surface area contributed by atoms with Crippen molar-refractivity contribution in [2.24, 2.45) is 0 Å². The van der Waals surface area contributed by atoms with Crippen LogP contribution >= 0.6 is 11.3 Å². The smallest absolute Gasteiger partial charge is 0.240 e. The van der Waals surface area contributed by atoms with E-state index in [-0.39, 0.29) is 24.3 Å². The van der Waals surface area contributed by atoms with Crippen molar-refractivity contribution in [2.45, 2.75) is 26.8 Å². The van der Waals surface area contributed by atoms with E-state index in [0.29, 0.717) is 0 Å². The number of aromatic nitrogens is 3. The Morgan fingerprint density at radius 1 is 1.23 bits per heavy atom. The lowest BCUT2D eigenvalue weighted by molar-refractivity contribution is -0.120. The van der Waals surface area contributed by atoms with Crippen LogP contribution in [0.1, 0.15) is 29.8 Å². The first-order valence-electron chi connectivity index (χ1n) is 10.0. The van der Waals surface area contributed by atoms with E-state index >= 15 is 0 Å². The number of thiazole rings is 1. The summed E-state index contributed by atoms with van der Waals surface area (Å²) in [6.07, 6.45) is 0. The molecule has 2 heterocycles. The minimum Gasteiger partial charge on any atom is -0.348 e. The summed E-state index contributed by atoms with van der Waals surface area (Å²) in [5.41, 5.74) is 4.66. The number of hydrogen-bond donors (Lipinski definition) is 1. The summed E-state index contributed by atoms with van der Waals surface area (Å²) < 4.78 is 16.0. The highest BCUT2D eigenvalue weighted by molar-refractivity contribution is 7.22. The van der Waals surface area contributed by atoms with Gasteiger partial charge in [0.1, 0.15) is 5.82 Å². The Morgan fingerprint density at radius 3 is 2.68 bits per heavy atom. The van der Waals surface area contributed by atoms with Crippen molar-refractivity contribution in [3.05, 3.63) is 71.2 Å². The topological polar surface area (TPSA) is 63.1 Å². The van der Waals surface area contributed by atoms with Crippen LogP contribution < -0.4 is 10.2 Å². The van der Waals surface area contributed by atoms with Gasteiger partial charge < -0.3 is 10.2 Å². The molecule has 0 spiro atoms. The molecule has 0 fully saturated rings. The zero-order chi connectivity index (χ0) is 22.1. The summed E-state index contributed by atoms with van der Waals surface area (Å²) in [5.74, 6) is -0.423. The highest BCUT2D eigenvalue weighted by atomic mass is 32.1. The molecule has 8 heteroatoms. The number of nitrogens with zero attached hydrogens (tertiary/aromatic N) is 4. The van der Waals surface area contributed by atoms with E-state index in [1.54, 1.807) is 12.1 Å². The molecule has 4 aromatic rings. The molecule has 1 N–H and O–H groups in total. The third kappa shape index (κ3) is 4.44. The number of anilines is 1. The maximum Gasteiger partial charge on any atom is 0.240 e. The lowest BCUT2D eigenvalue weighted by Gasteiger charge is -2.18. The molecule has 6 nitrogen and oxygen atoms in total. The standard InChI is InChI=1S/C23H24FN5OS/c1-14-6-5-7-19(12-14)29-22-21(16(3)27-29)31-23(26-22)28(4)13-20(30)25-15(2)17-8-10-18(24)11-9-17/h5-12,15H,13H2,1-4H3,(H,25,30). The van der Waals surface area contributed by atoms with Crippen LogP contribution in [0.4, 0.5) is 9.52 Å². The summed E-state index contributed by atoms with van der Waals surface area (Å²) in [4.78, 5) is 19.1. The van der Waals surface area contributed by atoms with E-state index in [4.69, 9.17) is 4.98 Å². The van der Waals surface area contributed by atoms with Gasteiger partial charge in [0, 0.05) is 7.05 Å². The Kier molecular flexibility index (Phi) is 5.73. The quantitative estimate of drug-likeness (QED) is 0.481. The summed E-state index contributed by atoms with van der Waals surface area (Å²) in [6.45, 7) is 6.05. The van der Waals surface area contributed by atoms with Gasteiger partial charge in [0.05, 0.1) is 28.7 Å². The second-order valence-electron chi connectivity index (χ2n) is 7.68. The Bertz CT molecular complexity index is 1230. The van der Waals surface area contributed by atoms with Gasteiger partial charge in [-0.05, 0) is 56.2 Å². The Labute approximate surface area is 184 Å². The van der Waals surface area contributed by atoms with E-state index in [1.165, 1.54) is 23.5 Å². The zero-order valence-electron chi connectivity index (χ0n) is 17.9. The first-order chi connectivity index (χ1) is 14.8. The molecule has 1 atom stereocenters. The van der Waals surface area contributed by atoms with Crippen molar-refractivity contribution < 1.29 is 9.18 Å². The van der Waals surface area contributed by atoms with Gasteiger partial charge in [0.25, 0.3) is 0 Å². The maximum atomic E-state index is 13.1. The third-order valence-corrected chi connectivity index (χ3v) is 6.35. The lowest BCUT2D eigenvalue weighted by atomic mass is 10.1. The third-order valence-electron chi connectivity index (χ3n) is 5.08. The van der Waals surface area contributed by atoms with Crippen LogP contribution in [0.3, 0.4) is 0 Å². The first-order valence-corrected chi connectivity index (χ1v) is 10.8. The highest BCUT2D eigenvalue weighted by Gasteiger charge is 2.19. The van der Waals surface area contributed by atoms with E-state index < -0.39 is 0 Å².